The van der Waals surface area contributed by atoms with Crippen LogP contribution >= 0.6 is 0 Å². The van der Waals surface area contributed by atoms with Gasteiger partial charge in [-0.2, -0.15) is 0 Å². The van der Waals surface area contributed by atoms with Crippen molar-refractivity contribution in [3.63, 3.8) is 0 Å². The second-order valence-electron chi connectivity index (χ2n) is 9.15. The number of carbonyl (C=O) groups is 3. The summed E-state index contributed by atoms with van der Waals surface area (Å²) in [6.45, 7) is 1.64. The molecule has 0 bridgehead atoms. The zero-order chi connectivity index (χ0) is 27.4. The maximum Gasteiger partial charge on any atom is 0.321 e. The highest BCUT2D eigenvalue weighted by Crippen LogP contribution is 2.29. The zero-order valence-corrected chi connectivity index (χ0v) is 21.3. The molecule has 4 aromatic rings. The monoisotopic (exact) mass is 517 g/mol. The van der Waals surface area contributed by atoms with Gasteiger partial charge in [0.25, 0.3) is 5.91 Å². The minimum Gasteiger partial charge on any atom is -0.399 e. The number of amides is 3. The molecule has 0 saturated carbocycles. The molecule has 0 aromatic heterocycles. The Bertz CT molecular complexity index is 1580. The van der Waals surface area contributed by atoms with Crippen LogP contribution in [0.25, 0.3) is 0 Å². The number of nitrogens with one attached hydrogen (secondary N) is 2. The van der Waals surface area contributed by atoms with Crippen LogP contribution in [0.5, 0.6) is 0 Å². The van der Waals surface area contributed by atoms with E-state index in [2.05, 4.69) is 10.6 Å². The second-order valence-corrected chi connectivity index (χ2v) is 9.15. The third-order valence-electron chi connectivity index (χ3n) is 6.41. The van der Waals surface area contributed by atoms with E-state index in [1.54, 1.807) is 48.5 Å². The Morgan fingerprint density at radius 1 is 0.897 bits per heavy atom. The van der Waals surface area contributed by atoms with Crippen molar-refractivity contribution in [2.45, 2.75) is 13.1 Å². The van der Waals surface area contributed by atoms with Crippen LogP contribution < -0.4 is 21.3 Å². The molecule has 1 aliphatic rings. The van der Waals surface area contributed by atoms with E-state index in [4.69, 9.17) is 10.7 Å². The van der Waals surface area contributed by atoms with Gasteiger partial charge in [-0.3, -0.25) is 9.59 Å². The Kier molecular flexibility index (Phi) is 7.18. The molecule has 4 aromatic carbocycles. The molecule has 39 heavy (non-hydrogen) atoms. The molecule has 8 nitrogen and oxygen atoms in total. The van der Waals surface area contributed by atoms with Gasteiger partial charge in [-0.15, -0.1) is 0 Å². The summed E-state index contributed by atoms with van der Waals surface area (Å²) >= 11 is 0. The maximum atomic E-state index is 14.0. The lowest BCUT2D eigenvalue weighted by atomic mass is 9.99. The van der Waals surface area contributed by atoms with Crippen LogP contribution in [0, 0.1) is 6.92 Å². The number of nitrogens with two attached hydrogens (primary N) is 1. The van der Waals surface area contributed by atoms with E-state index in [1.165, 1.54) is 4.90 Å². The van der Waals surface area contributed by atoms with Gasteiger partial charge in [-0.1, -0.05) is 78.9 Å². The Labute approximate surface area is 226 Å². The lowest BCUT2D eigenvalue weighted by molar-refractivity contribution is -0.120. The number of aliphatic imine (C=N–C) groups is 1. The van der Waals surface area contributed by atoms with Crippen LogP contribution in [-0.4, -0.2) is 36.1 Å². The number of hydrogen-bond acceptors (Lipinski definition) is 5. The Morgan fingerprint density at radius 2 is 1.62 bits per heavy atom. The van der Waals surface area contributed by atoms with Crippen molar-refractivity contribution in [2.24, 2.45) is 4.99 Å². The van der Waals surface area contributed by atoms with E-state index < -0.39 is 18.1 Å². The molecule has 3 amide bonds. The number of urea groups is 1. The summed E-state index contributed by atoms with van der Waals surface area (Å²) in [4.78, 5) is 46.5. The molecular weight excluding hydrogens is 490 g/mol. The fourth-order valence-electron chi connectivity index (χ4n) is 4.53. The van der Waals surface area contributed by atoms with Gasteiger partial charge in [0.15, 0.2) is 5.78 Å². The predicted molar refractivity (Wildman–Crippen MR) is 153 cm³/mol. The lowest BCUT2D eigenvalue weighted by Crippen LogP contribution is -2.50. The molecule has 1 atom stereocenters. The average molecular weight is 518 g/mol. The minimum absolute atomic E-state index is 0.215. The third-order valence-corrected chi connectivity index (χ3v) is 6.41. The fourth-order valence-corrected chi connectivity index (χ4v) is 4.53. The molecule has 0 radical (unpaired) electrons. The molecule has 194 valence electrons. The molecule has 1 aliphatic heterocycles. The summed E-state index contributed by atoms with van der Waals surface area (Å²) in [6, 6.07) is 30.0. The summed E-state index contributed by atoms with van der Waals surface area (Å²) in [5.74, 6) is -0.750. The number of para-hydroxylation sites is 1. The Balaban J connectivity index is 1.54. The van der Waals surface area contributed by atoms with Gasteiger partial charge in [-0.05, 0) is 36.8 Å². The highest BCUT2D eigenvalue weighted by atomic mass is 16.2. The van der Waals surface area contributed by atoms with Crippen LogP contribution in [0.3, 0.4) is 0 Å². The first-order chi connectivity index (χ1) is 18.9. The van der Waals surface area contributed by atoms with Gasteiger partial charge in [0.05, 0.1) is 17.9 Å². The number of hydrogen-bond donors (Lipinski definition) is 3. The number of nitrogen functional groups attached to an aromatic ring is 1. The quantitative estimate of drug-likeness (QED) is 0.252. The van der Waals surface area contributed by atoms with Gasteiger partial charge >= 0.3 is 6.03 Å². The van der Waals surface area contributed by atoms with E-state index in [0.29, 0.717) is 33.9 Å². The molecule has 0 fully saturated rings. The molecule has 1 heterocycles. The number of rotatable bonds is 6. The van der Waals surface area contributed by atoms with Crippen molar-refractivity contribution in [2.75, 3.05) is 22.5 Å². The molecule has 0 unspecified atom stereocenters. The minimum atomic E-state index is -1.29. The molecule has 0 spiro atoms. The SMILES string of the molecule is Cc1ccccc1C(=O)CN1C(=O)[C@H](NC(=O)Nc2cccc(N)c2)N=C(c2ccccc2)c2ccccc21. The number of Topliss-reactive ketones (excluding diaryl/α,β-unsaturated/α-hetero) is 1. The van der Waals surface area contributed by atoms with E-state index in [1.807, 2.05) is 61.5 Å². The standard InChI is InChI=1S/C31H27N5O3/c1-20-10-5-6-15-24(20)27(37)19-36-26-17-8-7-16-25(26)28(21-11-3-2-4-12-21)34-29(30(36)38)35-31(39)33-23-14-9-13-22(32)18-23/h2-18,29H,19,32H2,1H3,(H2,33,35,39)/t29-/m0/s1. The number of benzodiazepines with no additional fused rings is 1. The fraction of sp³-hybridized carbons (Fsp3) is 0.0968. The van der Waals surface area contributed by atoms with Crippen molar-refractivity contribution in [1.29, 1.82) is 0 Å². The number of ketones is 1. The van der Waals surface area contributed by atoms with Crippen LogP contribution in [0.2, 0.25) is 0 Å². The number of nitrogens with zero attached hydrogens (tertiary/aromatic N) is 2. The van der Waals surface area contributed by atoms with Crippen molar-refractivity contribution in [3.05, 3.63) is 125 Å². The van der Waals surface area contributed by atoms with E-state index >= 15 is 0 Å². The summed E-state index contributed by atoms with van der Waals surface area (Å²) in [7, 11) is 0. The van der Waals surface area contributed by atoms with Gasteiger partial charge in [-0.25, -0.2) is 9.79 Å². The summed E-state index contributed by atoms with van der Waals surface area (Å²) in [6.07, 6.45) is -1.29. The number of fused-ring (bicyclic) bond motifs is 1. The normalized spacial score (nSPS) is 14.6. The van der Waals surface area contributed by atoms with Crippen LogP contribution in [0.4, 0.5) is 21.9 Å². The maximum absolute atomic E-state index is 14.0. The van der Waals surface area contributed by atoms with Gasteiger partial charge in [0, 0.05) is 28.1 Å². The Hall–Kier alpha value is -5.24. The van der Waals surface area contributed by atoms with Crippen molar-refractivity contribution in [3.8, 4) is 0 Å². The summed E-state index contributed by atoms with van der Waals surface area (Å²) < 4.78 is 0. The number of benzene rings is 4. The Morgan fingerprint density at radius 3 is 2.38 bits per heavy atom. The summed E-state index contributed by atoms with van der Waals surface area (Å²) in [5, 5.41) is 5.38. The topological polar surface area (TPSA) is 117 Å². The van der Waals surface area contributed by atoms with Crippen molar-refractivity contribution in [1.82, 2.24) is 5.32 Å². The highest BCUT2D eigenvalue weighted by Gasteiger charge is 2.34. The van der Waals surface area contributed by atoms with Crippen LogP contribution in [0.15, 0.2) is 108 Å². The molecular formula is C31H27N5O3. The lowest BCUT2D eigenvalue weighted by Gasteiger charge is -2.25. The number of carbonyl (C=O) groups excluding carboxylic acids is 3. The molecule has 0 aliphatic carbocycles. The van der Waals surface area contributed by atoms with E-state index in [-0.39, 0.29) is 12.3 Å². The number of anilines is 3. The largest absolute Gasteiger partial charge is 0.399 e. The van der Waals surface area contributed by atoms with Crippen molar-refractivity contribution >= 4 is 40.5 Å². The first-order valence-electron chi connectivity index (χ1n) is 12.5. The van der Waals surface area contributed by atoms with E-state index in [9.17, 15) is 14.4 Å². The van der Waals surface area contributed by atoms with Gasteiger partial charge in [0.2, 0.25) is 6.17 Å². The zero-order valence-electron chi connectivity index (χ0n) is 21.3. The third kappa shape index (κ3) is 5.55. The number of aryl methyl sites for hydroxylation is 1. The highest BCUT2D eigenvalue weighted by molar-refractivity contribution is 6.21. The molecule has 0 saturated heterocycles. The van der Waals surface area contributed by atoms with Crippen LogP contribution in [-0.2, 0) is 4.79 Å². The van der Waals surface area contributed by atoms with Crippen molar-refractivity contribution < 1.29 is 14.4 Å². The van der Waals surface area contributed by atoms with E-state index in [0.717, 1.165) is 11.1 Å². The smallest absolute Gasteiger partial charge is 0.321 e. The van der Waals surface area contributed by atoms with Gasteiger partial charge < -0.3 is 21.3 Å². The molecule has 8 heteroatoms. The molecule has 4 N–H and O–H groups in total. The second kappa shape index (κ2) is 11.0. The summed E-state index contributed by atoms with van der Waals surface area (Å²) in [5.41, 5.74) is 10.6. The first kappa shape index (κ1) is 25.4. The molecule has 5 rings (SSSR count). The predicted octanol–water partition coefficient (Wildman–Crippen LogP) is 4.79. The van der Waals surface area contributed by atoms with Gasteiger partial charge in [0.1, 0.15) is 0 Å². The average Bonchev–Trinajstić information content (AvgIpc) is 3.04. The van der Waals surface area contributed by atoms with Crippen LogP contribution in [0.1, 0.15) is 27.0 Å². The first-order valence-corrected chi connectivity index (χ1v) is 12.5.